The van der Waals surface area contributed by atoms with Crippen molar-refractivity contribution in [2.45, 2.75) is 6.04 Å². The number of H-pyrrole nitrogens is 1. The number of aromatic amines is 1. The van der Waals surface area contributed by atoms with E-state index in [1.807, 2.05) is 25.1 Å². The number of likely N-dealkylation sites (N-methyl/N-ethyl adjacent to an activating group) is 1. The fourth-order valence-corrected chi connectivity index (χ4v) is 4.26. The Bertz CT molecular complexity index is 1470. The molecule has 4 rings (SSSR count). The molecule has 184 valence electrons. The molecule has 0 saturated heterocycles. The molecule has 2 atom stereocenters. The van der Waals surface area contributed by atoms with Gasteiger partial charge in [0.15, 0.2) is 11.6 Å². The molecule has 3 N–H and O–H groups in total. The minimum absolute atomic E-state index is 0.156. The zero-order valence-corrected chi connectivity index (χ0v) is 20.0. The number of nitrogens with zero attached hydrogens (tertiary/aromatic N) is 2. The summed E-state index contributed by atoms with van der Waals surface area (Å²) in [7, 11) is 5.29. The molecule has 35 heavy (non-hydrogen) atoms. The van der Waals surface area contributed by atoms with Crippen LogP contribution in [-0.4, -0.2) is 43.9 Å². The number of ether oxygens (including phenoxy) is 1. The van der Waals surface area contributed by atoms with E-state index in [9.17, 15) is 22.3 Å². The maximum Gasteiger partial charge on any atom is 0.274 e. The standard InChI is InChI=1S/C24H24F2N4O4S/c1-29(2)20(12-28-35(32)33)14-4-6-21(34-22-7-5-15(25)11-19(22)26)17(10-14)18-13-30(3)24(31)23-16(18)8-9-27-23/h4-11,13,20,27-28H,12H2,1-3H3,(H,32,33). The highest BCUT2D eigenvalue weighted by molar-refractivity contribution is 7.77. The van der Waals surface area contributed by atoms with Gasteiger partial charge in [0.05, 0.1) is 0 Å². The Labute approximate surface area is 202 Å². The summed E-state index contributed by atoms with van der Waals surface area (Å²) < 4.78 is 58.0. The molecule has 0 saturated carbocycles. The predicted molar refractivity (Wildman–Crippen MR) is 131 cm³/mol. The normalized spacial score (nSPS) is 13.3. The second-order valence-corrected chi connectivity index (χ2v) is 9.02. The van der Waals surface area contributed by atoms with Crippen molar-refractivity contribution in [2.75, 3.05) is 20.6 Å². The van der Waals surface area contributed by atoms with E-state index in [4.69, 9.17) is 4.74 Å². The van der Waals surface area contributed by atoms with Crippen LogP contribution >= 0.6 is 0 Å². The van der Waals surface area contributed by atoms with Gasteiger partial charge >= 0.3 is 0 Å². The summed E-state index contributed by atoms with van der Waals surface area (Å²) in [6.07, 6.45) is 3.32. The molecule has 0 amide bonds. The van der Waals surface area contributed by atoms with Gasteiger partial charge in [0, 0.05) is 54.6 Å². The highest BCUT2D eigenvalue weighted by atomic mass is 32.2. The average molecular weight is 503 g/mol. The largest absolute Gasteiger partial charge is 0.454 e. The maximum atomic E-state index is 14.4. The van der Waals surface area contributed by atoms with Crippen LogP contribution in [0.1, 0.15) is 11.6 Å². The van der Waals surface area contributed by atoms with Crippen LogP contribution in [0.15, 0.2) is 59.7 Å². The molecule has 8 nitrogen and oxygen atoms in total. The van der Waals surface area contributed by atoms with Gasteiger partial charge in [-0.1, -0.05) is 6.07 Å². The predicted octanol–water partition coefficient (Wildman–Crippen LogP) is 3.93. The maximum absolute atomic E-state index is 14.4. The topological polar surface area (TPSA) is 99.6 Å². The van der Waals surface area contributed by atoms with E-state index in [-0.39, 0.29) is 29.6 Å². The van der Waals surface area contributed by atoms with Crippen molar-refractivity contribution in [1.82, 2.24) is 19.2 Å². The number of hydrogen-bond donors (Lipinski definition) is 3. The van der Waals surface area contributed by atoms with Crippen molar-refractivity contribution >= 4 is 22.2 Å². The van der Waals surface area contributed by atoms with E-state index in [0.717, 1.165) is 17.7 Å². The van der Waals surface area contributed by atoms with Gasteiger partial charge in [-0.25, -0.2) is 17.7 Å². The summed E-state index contributed by atoms with van der Waals surface area (Å²) in [5.41, 5.74) is 2.18. The Kier molecular flexibility index (Phi) is 7.13. The lowest BCUT2D eigenvalue weighted by Gasteiger charge is -2.25. The fourth-order valence-electron chi connectivity index (χ4n) is 3.96. The quantitative estimate of drug-likeness (QED) is 0.317. The van der Waals surface area contributed by atoms with Gasteiger partial charge in [-0.3, -0.25) is 9.35 Å². The summed E-state index contributed by atoms with van der Waals surface area (Å²) in [6, 6.07) is 9.77. The second kappa shape index (κ2) is 10.1. The smallest absolute Gasteiger partial charge is 0.274 e. The highest BCUT2D eigenvalue weighted by Crippen LogP contribution is 2.39. The minimum Gasteiger partial charge on any atom is -0.454 e. The molecule has 2 heterocycles. The number of aryl methyl sites for hydroxylation is 1. The molecule has 2 aromatic heterocycles. The van der Waals surface area contributed by atoms with Crippen molar-refractivity contribution in [3.05, 3.63) is 82.4 Å². The summed E-state index contributed by atoms with van der Waals surface area (Å²) in [5.74, 6) is -1.44. The molecule has 2 aromatic carbocycles. The number of halogens is 2. The highest BCUT2D eigenvalue weighted by Gasteiger charge is 2.21. The first-order valence-electron chi connectivity index (χ1n) is 10.6. The molecular weight excluding hydrogens is 478 g/mol. The Hall–Kier alpha value is -3.38. The molecule has 0 aliphatic heterocycles. The number of pyridine rings is 1. The third-order valence-electron chi connectivity index (χ3n) is 5.71. The van der Waals surface area contributed by atoms with E-state index >= 15 is 0 Å². The van der Waals surface area contributed by atoms with E-state index in [1.165, 1.54) is 10.6 Å². The van der Waals surface area contributed by atoms with Gasteiger partial charge in [-0.2, -0.15) is 0 Å². The number of rotatable bonds is 8. The lowest BCUT2D eigenvalue weighted by atomic mass is 9.97. The van der Waals surface area contributed by atoms with Gasteiger partial charge in [0.1, 0.15) is 17.1 Å². The van der Waals surface area contributed by atoms with Crippen LogP contribution < -0.4 is 15.0 Å². The summed E-state index contributed by atoms with van der Waals surface area (Å²) in [6.45, 7) is 0.176. The van der Waals surface area contributed by atoms with Crippen LogP contribution in [0, 0.1) is 11.6 Å². The Morgan fingerprint density at radius 1 is 1.14 bits per heavy atom. The lowest BCUT2D eigenvalue weighted by Crippen LogP contribution is -2.31. The van der Waals surface area contributed by atoms with E-state index in [1.54, 1.807) is 37.6 Å². The Balaban J connectivity index is 1.91. The number of aromatic nitrogens is 2. The van der Waals surface area contributed by atoms with Crippen LogP contribution in [0.3, 0.4) is 0 Å². The average Bonchev–Trinajstić information content (AvgIpc) is 3.29. The third kappa shape index (κ3) is 5.17. The Morgan fingerprint density at radius 3 is 2.57 bits per heavy atom. The molecule has 2 unspecified atom stereocenters. The van der Waals surface area contributed by atoms with Crippen LogP contribution in [0.25, 0.3) is 22.0 Å². The van der Waals surface area contributed by atoms with E-state index in [0.29, 0.717) is 22.0 Å². The summed E-state index contributed by atoms with van der Waals surface area (Å²) >= 11 is -2.19. The molecule has 0 bridgehead atoms. The van der Waals surface area contributed by atoms with Crippen molar-refractivity contribution in [2.24, 2.45) is 7.05 Å². The number of benzene rings is 2. The monoisotopic (exact) mass is 502 g/mol. The Morgan fingerprint density at radius 2 is 1.89 bits per heavy atom. The van der Waals surface area contributed by atoms with Gasteiger partial charge in [-0.05, 0) is 50.0 Å². The fraction of sp³-hybridized carbons (Fsp3) is 0.208. The van der Waals surface area contributed by atoms with Crippen molar-refractivity contribution in [3.63, 3.8) is 0 Å². The molecule has 0 radical (unpaired) electrons. The van der Waals surface area contributed by atoms with Gasteiger partial charge < -0.3 is 19.2 Å². The zero-order chi connectivity index (χ0) is 25.3. The first-order chi connectivity index (χ1) is 16.7. The SMILES string of the molecule is CN(C)C(CNS(=O)O)c1ccc(Oc2ccc(F)cc2F)c(-c2cn(C)c(=O)c3[nH]ccc23)c1. The first-order valence-corrected chi connectivity index (χ1v) is 11.7. The number of nitrogens with one attached hydrogen (secondary N) is 2. The van der Waals surface area contributed by atoms with Gasteiger partial charge in [0.2, 0.25) is 11.3 Å². The van der Waals surface area contributed by atoms with E-state index < -0.39 is 22.9 Å². The third-order valence-corrected chi connectivity index (χ3v) is 6.12. The van der Waals surface area contributed by atoms with Crippen molar-refractivity contribution in [1.29, 1.82) is 0 Å². The molecular formula is C24H24F2N4O4S. The van der Waals surface area contributed by atoms with Crippen LogP contribution in [0.5, 0.6) is 11.5 Å². The molecule has 0 aliphatic rings. The van der Waals surface area contributed by atoms with Crippen molar-refractivity contribution in [3.8, 4) is 22.6 Å². The van der Waals surface area contributed by atoms with Crippen LogP contribution in [0.2, 0.25) is 0 Å². The minimum atomic E-state index is -2.19. The molecule has 11 heteroatoms. The molecule has 0 spiro atoms. The van der Waals surface area contributed by atoms with Gasteiger partial charge in [-0.15, -0.1) is 0 Å². The summed E-state index contributed by atoms with van der Waals surface area (Å²) in [4.78, 5) is 17.4. The molecule has 0 fully saturated rings. The van der Waals surface area contributed by atoms with Crippen LogP contribution in [0.4, 0.5) is 8.78 Å². The van der Waals surface area contributed by atoms with E-state index in [2.05, 4.69) is 9.71 Å². The zero-order valence-electron chi connectivity index (χ0n) is 19.2. The number of fused-ring (bicyclic) bond motifs is 1. The molecule has 0 aliphatic carbocycles. The molecule has 4 aromatic rings. The number of hydrogen-bond acceptors (Lipinski definition) is 4. The van der Waals surface area contributed by atoms with Gasteiger partial charge in [0.25, 0.3) is 5.56 Å². The lowest BCUT2D eigenvalue weighted by molar-refractivity contribution is 0.299. The second-order valence-electron chi connectivity index (χ2n) is 8.23. The van der Waals surface area contributed by atoms with Crippen molar-refractivity contribution < 1.29 is 22.3 Å². The summed E-state index contributed by atoms with van der Waals surface area (Å²) in [5, 5.41) is 0.644. The van der Waals surface area contributed by atoms with Crippen LogP contribution in [-0.2, 0) is 18.3 Å². The first kappa shape index (κ1) is 24.7.